The Hall–Kier alpha value is 1.78. The summed E-state index contributed by atoms with van der Waals surface area (Å²) in [6, 6.07) is 0.662. The second-order valence-electron chi connectivity index (χ2n) is 2.57. The van der Waals surface area contributed by atoms with E-state index in [-0.39, 0.29) is 143 Å². The van der Waals surface area contributed by atoms with E-state index >= 15 is 0 Å². The van der Waals surface area contributed by atoms with Gasteiger partial charge in [0, 0.05) is 12.4 Å². The Labute approximate surface area is 223 Å². The Balaban J connectivity index is -0.000000379. The number of hydrogen-bond donors (Lipinski definition) is 1. The van der Waals surface area contributed by atoms with Crippen LogP contribution in [0.1, 0.15) is 15.9 Å². The number of halogens is 3. The minimum atomic E-state index is -4.50. The molecular formula is C8H5Cs2F3N2O4. The summed E-state index contributed by atoms with van der Waals surface area (Å²) in [6.07, 6.45) is -5.22. The van der Waals surface area contributed by atoms with E-state index in [1.54, 1.807) is 0 Å². The van der Waals surface area contributed by atoms with Crippen LogP contribution in [0.25, 0.3) is 0 Å². The van der Waals surface area contributed by atoms with E-state index in [0.717, 1.165) is 6.20 Å². The number of primary amides is 1. The number of aromatic nitrogens is 1. The SMILES string of the molecule is NC(=O)c1cncc(C(F)(F)F)c1.O=C([O-])[O-].[Cs+].[Cs+]. The molecule has 1 amide bonds. The monoisotopic (exact) mass is 516 g/mol. The van der Waals surface area contributed by atoms with E-state index < -0.39 is 23.8 Å². The zero-order valence-electron chi connectivity index (χ0n) is 10.0. The van der Waals surface area contributed by atoms with Gasteiger partial charge in [-0.05, 0) is 12.2 Å². The van der Waals surface area contributed by atoms with Crippen LogP contribution in [-0.4, -0.2) is 17.0 Å². The van der Waals surface area contributed by atoms with Gasteiger partial charge in [0.05, 0.1) is 11.1 Å². The van der Waals surface area contributed by atoms with E-state index in [9.17, 15) is 18.0 Å². The summed E-state index contributed by atoms with van der Waals surface area (Å²) in [5, 5.41) is 16.7. The molecule has 0 radical (unpaired) electrons. The van der Waals surface area contributed by atoms with Crippen LogP contribution < -0.4 is 154 Å². The van der Waals surface area contributed by atoms with Crippen LogP contribution in [-0.2, 0) is 6.18 Å². The third-order valence-electron chi connectivity index (χ3n) is 1.35. The first-order chi connectivity index (χ1) is 7.64. The number of amides is 1. The van der Waals surface area contributed by atoms with Crippen LogP contribution in [0.2, 0.25) is 0 Å². The first-order valence-corrected chi connectivity index (χ1v) is 3.84. The van der Waals surface area contributed by atoms with E-state index in [1.807, 2.05) is 0 Å². The fourth-order valence-electron chi connectivity index (χ4n) is 0.730. The van der Waals surface area contributed by atoms with Crippen molar-refractivity contribution in [2.75, 3.05) is 0 Å². The molecule has 1 aromatic rings. The molecule has 6 nitrogen and oxygen atoms in total. The smallest absolute Gasteiger partial charge is 0.652 e. The van der Waals surface area contributed by atoms with Crippen molar-refractivity contribution < 1.29 is 171 Å². The molecule has 0 spiro atoms. The van der Waals surface area contributed by atoms with Crippen molar-refractivity contribution in [1.29, 1.82) is 0 Å². The van der Waals surface area contributed by atoms with Gasteiger partial charge in [0.1, 0.15) is 0 Å². The summed E-state index contributed by atoms with van der Waals surface area (Å²) < 4.78 is 36.1. The maximum absolute atomic E-state index is 12.0. The third kappa shape index (κ3) is 13.2. The van der Waals surface area contributed by atoms with Gasteiger partial charge in [-0.25, -0.2) is 0 Å². The average Bonchev–Trinajstić information content (AvgIpc) is 2.15. The second kappa shape index (κ2) is 12.3. The molecule has 0 bridgehead atoms. The number of alkyl halides is 3. The predicted molar refractivity (Wildman–Crippen MR) is 43.2 cm³/mol. The van der Waals surface area contributed by atoms with E-state index in [0.29, 0.717) is 12.3 Å². The fourth-order valence-corrected chi connectivity index (χ4v) is 0.730. The normalized spacial score (nSPS) is 9.00. The molecule has 0 unspecified atom stereocenters. The van der Waals surface area contributed by atoms with Crippen molar-refractivity contribution in [3.63, 3.8) is 0 Å². The van der Waals surface area contributed by atoms with Gasteiger partial charge in [0.25, 0.3) is 0 Å². The average molecular weight is 516 g/mol. The molecule has 1 aromatic heterocycles. The molecule has 1 rings (SSSR count). The van der Waals surface area contributed by atoms with Crippen LogP contribution in [0.15, 0.2) is 18.5 Å². The fraction of sp³-hybridized carbons (Fsp3) is 0.125. The predicted octanol–water partition coefficient (Wildman–Crippen LogP) is -7.24. The van der Waals surface area contributed by atoms with Gasteiger partial charge in [-0.3, -0.25) is 9.78 Å². The molecule has 1 heterocycles. The summed E-state index contributed by atoms with van der Waals surface area (Å²) in [6.45, 7) is 0. The van der Waals surface area contributed by atoms with Crippen molar-refractivity contribution in [1.82, 2.24) is 4.98 Å². The van der Waals surface area contributed by atoms with Crippen LogP contribution in [0.5, 0.6) is 0 Å². The summed E-state index contributed by atoms with van der Waals surface area (Å²) in [7, 11) is 0. The number of carbonyl (C=O) groups is 2. The molecule has 94 valence electrons. The first kappa shape index (κ1) is 25.7. The Morgan fingerprint density at radius 3 is 1.89 bits per heavy atom. The summed E-state index contributed by atoms with van der Waals surface area (Å²) in [4.78, 5) is 22.1. The number of nitrogens with two attached hydrogens (primary N) is 1. The maximum Gasteiger partial charge on any atom is 1.00 e. The van der Waals surface area contributed by atoms with Gasteiger partial charge in [-0.2, -0.15) is 13.2 Å². The Morgan fingerprint density at radius 2 is 1.58 bits per heavy atom. The van der Waals surface area contributed by atoms with Crippen molar-refractivity contribution in [3.8, 4) is 0 Å². The van der Waals surface area contributed by atoms with Crippen LogP contribution in [0.4, 0.5) is 18.0 Å². The Bertz CT molecular complexity index is 425. The number of pyridine rings is 1. The number of nitrogens with zero attached hydrogens (tertiary/aromatic N) is 1. The van der Waals surface area contributed by atoms with Crippen molar-refractivity contribution in [2.24, 2.45) is 5.73 Å². The summed E-state index contributed by atoms with van der Waals surface area (Å²) >= 11 is 0. The quantitative estimate of drug-likeness (QED) is 0.399. The molecule has 0 aliphatic carbocycles. The molecule has 0 saturated carbocycles. The molecule has 0 fully saturated rings. The van der Waals surface area contributed by atoms with Gasteiger partial charge in [0.2, 0.25) is 5.91 Å². The van der Waals surface area contributed by atoms with E-state index in [2.05, 4.69) is 4.98 Å². The van der Waals surface area contributed by atoms with E-state index in [4.69, 9.17) is 20.7 Å². The third-order valence-corrected chi connectivity index (χ3v) is 1.35. The molecule has 2 N–H and O–H groups in total. The number of hydrogen-bond acceptors (Lipinski definition) is 5. The van der Waals surface area contributed by atoms with Crippen LogP contribution in [0, 0.1) is 0 Å². The largest absolute Gasteiger partial charge is 1.00 e. The van der Waals surface area contributed by atoms with Gasteiger partial charge in [-0.1, -0.05) is 0 Å². The first-order valence-electron chi connectivity index (χ1n) is 3.84. The molecule has 19 heavy (non-hydrogen) atoms. The molecule has 0 aliphatic heterocycles. The van der Waals surface area contributed by atoms with Gasteiger partial charge < -0.3 is 20.7 Å². The minimum Gasteiger partial charge on any atom is -0.652 e. The van der Waals surface area contributed by atoms with Gasteiger partial charge >= 0.3 is 144 Å². The zero-order chi connectivity index (χ0) is 13.6. The standard InChI is InChI=1S/C7H5F3N2O.CH2O3.2Cs/c8-7(9,10)5-1-4(6(11)13)2-12-3-5;2-1(3)4;;/h1-3H,(H2,11,13);(H2,2,3,4);;/q;;2*+1/p-2. The molecule has 0 saturated heterocycles. The van der Waals surface area contributed by atoms with Gasteiger partial charge in [0.15, 0.2) is 0 Å². The van der Waals surface area contributed by atoms with Crippen molar-refractivity contribution >= 4 is 12.1 Å². The Morgan fingerprint density at radius 1 is 1.16 bits per heavy atom. The number of carbonyl (C=O) groups excluding carboxylic acids is 2. The number of carboxylic acid groups (broad SMARTS) is 2. The second-order valence-corrected chi connectivity index (χ2v) is 2.57. The van der Waals surface area contributed by atoms with Gasteiger partial charge in [-0.15, -0.1) is 0 Å². The minimum absolute atomic E-state index is 0. The van der Waals surface area contributed by atoms with Crippen LogP contribution >= 0.6 is 0 Å². The Kier molecular flexibility index (Phi) is 16.7. The zero-order valence-corrected chi connectivity index (χ0v) is 22.6. The molecule has 0 atom stereocenters. The van der Waals surface area contributed by atoms with E-state index in [1.165, 1.54) is 0 Å². The molecule has 0 aromatic carbocycles. The molecule has 11 heteroatoms. The molecular weight excluding hydrogens is 511 g/mol. The molecule has 0 aliphatic rings. The van der Waals surface area contributed by atoms with Crippen molar-refractivity contribution in [3.05, 3.63) is 29.6 Å². The van der Waals surface area contributed by atoms with Crippen molar-refractivity contribution in [2.45, 2.75) is 6.18 Å². The summed E-state index contributed by atoms with van der Waals surface area (Å²) in [5.41, 5.74) is 3.54. The number of rotatable bonds is 1. The van der Waals surface area contributed by atoms with Crippen LogP contribution in [0.3, 0.4) is 0 Å². The topological polar surface area (TPSA) is 119 Å². The summed E-state index contributed by atoms with van der Waals surface area (Å²) in [5.74, 6) is -0.932. The maximum atomic E-state index is 12.0.